The van der Waals surface area contributed by atoms with Crippen molar-refractivity contribution < 1.29 is 37.0 Å². The Morgan fingerprint density at radius 2 is 2.00 bits per heavy atom. The Kier molecular flexibility index (Phi) is 7.83. The van der Waals surface area contributed by atoms with E-state index in [0.717, 1.165) is 12.8 Å². The second-order valence-electron chi connectivity index (χ2n) is 9.89. The average molecular weight is 534 g/mol. The van der Waals surface area contributed by atoms with Crippen molar-refractivity contribution in [1.82, 2.24) is 20.5 Å². The number of aromatic amines is 1. The third-order valence-electron chi connectivity index (χ3n) is 5.33. The van der Waals surface area contributed by atoms with Gasteiger partial charge in [0.15, 0.2) is 29.1 Å². The summed E-state index contributed by atoms with van der Waals surface area (Å²) >= 11 is 0. The molecule has 3 aromatic rings. The van der Waals surface area contributed by atoms with E-state index in [1.165, 1.54) is 37.5 Å². The lowest BCUT2D eigenvalue weighted by Gasteiger charge is -2.21. The first kappa shape index (κ1) is 26.9. The van der Waals surface area contributed by atoms with Crippen molar-refractivity contribution in [3.8, 4) is 23.0 Å². The van der Waals surface area contributed by atoms with Gasteiger partial charge >= 0.3 is 12.7 Å². The lowest BCUT2D eigenvalue weighted by molar-refractivity contribution is -0.0515. The lowest BCUT2D eigenvalue weighted by Crippen LogP contribution is -2.41. The van der Waals surface area contributed by atoms with E-state index in [9.17, 15) is 18.4 Å². The van der Waals surface area contributed by atoms with E-state index in [4.69, 9.17) is 13.9 Å². The minimum Gasteiger partial charge on any atom is -0.489 e. The predicted molar refractivity (Wildman–Crippen MR) is 131 cm³/mol. The Labute approximate surface area is 217 Å². The second-order valence-corrected chi connectivity index (χ2v) is 9.89. The number of H-pyrrole nitrogens is 1. The summed E-state index contributed by atoms with van der Waals surface area (Å²) in [5, 5.41) is 11.7. The molecule has 1 aromatic carbocycles. The number of benzene rings is 1. The van der Waals surface area contributed by atoms with Gasteiger partial charge in [0.25, 0.3) is 5.91 Å². The molecule has 11 nitrogen and oxygen atoms in total. The summed E-state index contributed by atoms with van der Waals surface area (Å²) in [4.78, 5) is 29.8. The molecule has 4 rings (SSSR count). The molecule has 1 fully saturated rings. The maximum atomic E-state index is 13.1. The maximum absolute atomic E-state index is 13.1. The molecule has 2 amide bonds. The molecule has 1 aliphatic carbocycles. The van der Waals surface area contributed by atoms with Crippen LogP contribution in [0, 0.1) is 5.92 Å². The van der Waals surface area contributed by atoms with Crippen molar-refractivity contribution in [2.24, 2.45) is 5.92 Å². The van der Waals surface area contributed by atoms with Crippen molar-refractivity contribution in [3.63, 3.8) is 0 Å². The number of alkyl carbamates (subject to hydrolysis) is 1. The zero-order chi connectivity index (χ0) is 27.4. The number of aromatic nitrogens is 3. The Morgan fingerprint density at radius 3 is 2.63 bits per heavy atom. The fraction of sp³-hybridized carbons (Fsp3) is 0.440. The zero-order valence-electron chi connectivity index (χ0n) is 21.3. The van der Waals surface area contributed by atoms with Crippen LogP contribution >= 0.6 is 0 Å². The summed E-state index contributed by atoms with van der Waals surface area (Å²) in [6, 6.07) is 4.22. The molecule has 0 aliphatic heterocycles. The third kappa shape index (κ3) is 7.20. The van der Waals surface area contributed by atoms with E-state index in [1.54, 1.807) is 20.8 Å². The van der Waals surface area contributed by atoms with Crippen LogP contribution in [0.1, 0.15) is 62.9 Å². The highest BCUT2D eigenvalue weighted by atomic mass is 19.3. The van der Waals surface area contributed by atoms with Gasteiger partial charge in [-0.3, -0.25) is 9.89 Å². The summed E-state index contributed by atoms with van der Waals surface area (Å²) in [7, 11) is 0. The molecule has 13 heteroatoms. The Morgan fingerprint density at radius 1 is 1.24 bits per heavy atom. The van der Waals surface area contributed by atoms with Gasteiger partial charge in [0.1, 0.15) is 0 Å². The molecule has 3 N–H and O–H groups in total. The third-order valence-corrected chi connectivity index (χ3v) is 5.33. The number of halogens is 2. The monoisotopic (exact) mass is 533 g/mol. The quantitative estimate of drug-likeness (QED) is 0.319. The fourth-order valence-electron chi connectivity index (χ4n) is 3.39. The van der Waals surface area contributed by atoms with Crippen molar-refractivity contribution in [3.05, 3.63) is 42.0 Å². The normalized spacial score (nSPS) is 14.2. The van der Waals surface area contributed by atoms with Gasteiger partial charge in [-0.15, -0.1) is 0 Å². The second kappa shape index (κ2) is 11.1. The van der Waals surface area contributed by atoms with Crippen molar-refractivity contribution in [1.29, 1.82) is 0 Å². The van der Waals surface area contributed by atoms with Crippen LogP contribution in [0.25, 0.3) is 11.5 Å². The number of alkyl halides is 2. The van der Waals surface area contributed by atoms with Crippen molar-refractivity contribution in [2.45, 2.75) is 58.8 Å². The van der Waals surface area contributed by atoms with Crippen LogP contribution in [-0.2, 0) is 4.74 Å². The van der Waals surface area contributed by atoms with E-state index >= 15 is 0 Å². The minimum absolute atomic E-state index is 0.0103. The van der Waals surface area contributed by atoms with E-state index in [0.29, 0.717) is 23.8 Å². The number of ether oxygens (including phenoxy) is 3. The van der Waals surface area contributed by atoms with Gasteiger partial charge in [-0.05, 0) is 64.7 Å². The van der Waals surface area contributed by atoms with Gasteiger partial charge < -0.3 is 29.3 Å². The van der Waals surface area contributed by atoms with Crippen LogP contribution in [0.15, 0.2) is 35.0 Å². The first-order valence-corrected chi connectivity index (χ1v) is 12.0. The number of carbonyl (C=O) groups excluding carboxylic acids is 2. The van der Waals surface area contributed by atoms with Gasteiger partial charge in [0, 0.05) is 17.3 Å². The number of anilines is 1. The molecular formula is C25H29F2N5O6. The van der Waals surface area contributed by atoms with E-state index < -0.39 is 30.3 Å². The number of amides is 2. The number of rotatable bonds is 10. The van der Waals surface area contributed by atoms with E-state index in [1.807, 2.05) is 0 Å². The Hall–Kier alpha value is -4.16. The summed E-state index contributed by atoms with van der Waals surface area (Å²) < 4.78 is 47.5. The van der Waals surface area contributed by atoms with Gasteiger partial charge in [-0.1, -0.05) is 0 Å². The van der Waals surface area contributed by atoms with E-state index in [2.05, 4.69) is 30.6 Å². The SMILES string of the molecule is C[C@H](OC(=O)NC(C)(C)C)c1oc(-c2ccc(OC(F)F)c(OCC3CC3)c2)nc1C(=O)Nc1cn[nH]c1. The summed E-state index contributed by atoms with van der Waals surface area (Å²) in [5.74, 6) is -0.340. The smallest absolute Gasteiger partial charge is 0.408 e. The van der Waals surface area contributed by atoms with Crippen LogP contribution in [0.3, 0.4) is 0 Å². The average Bonchev–Trinajstić information content (AvgIpc) is 3.30. The Balaban J connectivity index is 1.66. The zero-order valence-corrected chi connectivity index (χ0v) is 21.3. The Bertz CT molecular complexity index is 1270. The molecule has 0 radical (unpaired) electrons. The van der Waals surface area contributed by atoms with Crippen molar-refractivity contribution in [2.75, 3.05) is 11.9 Å². The number of nitrogens with zero attached hydrogens (tertiary/aromatic N) is 2. The van der Waals surface area contributed by atoms with Crippen LogP contribution in [0.4, 0.5) is 19.3 Å². The standard InChI is InChI=1S/C25H29F2N5O6/c1-13(36-24(34)32-25(2,3)4)20-19(21(33)30-16-10-28-29-11-16)31-22(38-20)15-7-8-17(37-23(26)27)18(9-15)35-12-14-5-6-14/h7-11,13-14,23H,5-6,12H2,1-4H3,(H,28,29)(H,30,33)(H,32,34)/t13-/m0/s1. The highest BCUT2D eigenvalue weighted by Crippen LogP contribution is 2.37. The molecular weight excluding hydrogens is 504 g/mol. The first-order valence-electron chi connectivity index (χ1n) is 12.0. The minimum atomic E-state index is -3.03. The molecule has 2 aromatic heterocycles. The highest BCUT2D eigenvalue weighted by molar-refractivity contribution is 6.03. The van der Waals surface area contributed by atoms with Gasteiger partial charge in [-0.2, -0.15) is 13.9 Å². The molecule has 0 spiro atoms. The molecule has 0 bridgehead atoms. The summed E-state index contributed by atoms with van der Waals surface area (Å²) in [5.41, 5.74) is 0.0378. The van der Waals surface area contributed by atoms with Crippen LogP contribution in [0.5, 0.6) is 11.5 Å². The number of hydrogen-bond acceptors (Lipinski definition) is 8. The van der Waals surface area contributed by atoms with E-state index in [-0.39, 0.29) is 28.8 Å². The molecule has 38 heavy (non-hydrogen) atoms. The van der Waals surface area contributed by atoms with Crippen molar-refractivity contribution >= 4 is 17.7 Å². The fourth-order valence-corrected chi connectivity index (χ4v) is 3.39. The number of carbonyl (C=O) groups is 2. The first-order chi connectivity index (χ1) is 18.0. The van der Waals surface area contributed by atoms with Gasteiger partial charge in [0.05, 0.1) is 18.5 Å². The molecule has 0 saturated heterocycles. The predicted octanol–water partition coefficient (Wildman–Crippen LogP) is 5.29. The molecule has 1 atom stereocenters. The van der Waals surface area contributed by atoms with Crippen LogP contribution < -0.4 is 20.1 Å². The highest BCUT2D eigenvalue weighted by Gasteiger charge is 2.29. The number of oxazole rings is 1. The number of nitrogens with one attached hydrogen (secondary N) is 3. The molecule has 1 aliphatic rings. The topological polar surface area (TPSA) is 141 Å². The summed E-state index contributed by atoms with van der Waals surface area (Å²) in [6.07, 6.45) is 3.16. The molecule has 2 heterocycles. The molecule has 0 unspecified atom stereocenters. The molecule has 204 valence electrons. The van der Waals surface area contributed by atoms with Crippen LogP contribution in [0.2, 0.25) is 0 Å². The van der Waals surface area contributed by atoms with Gasteiger partial charge in [0.2, 0.25) is 5.89 Å². The number of hydrogen-bond donors (Lipinski definition) is 3. The molecule has 1 saturated carbocycles. The van der Waals surface area contributed by atoms with Crippen LogP contribution in [-0.4, -0.2) is 45.9 Å². The van der Waals surface area contributed by atoms with Gasteiger partial charge in [-0.25, -0.2) is 9.78 Å². The maximum Gasteiger partial charge on any atom is 0.408 e. The largest absolute Gasteiger partial charge is 0.489 e. The summed E-state index contributed by atoms with van der Waals surface area (Å²) in [6.45, 7) is 4.23. The lowest BCUT2D eigenvalue weighted by atomic mass is 10.1.